The zero-order chi connectivity index (χ0) is 22.3. The summed E-state index contributed by atoms with van der Waals surface area (Å²) in [4.78, 5) is 35.9. The van der Waals surface area contributed by atoms with Crippen molar-refractivity contribution in [3.8, 4) is 0 Å². The molecule has 0 saturated carbocycles. The van der Waals surface area contributed by atoms with Crippen molar-refractivity contribution in [3.05, 3.63) is 47.1 Å². The topological polar surface area (TPSA) is 119 Å². The smallest absolute Gasteiger partial charge is 0.334 e. The van der Waals surface area contributed by atoms with Crippen LogP contribution in [0.25, 0.3) is 0 Å². The van der Waals surface area contributed by atoms with Crippen molar-refractivity contribution < 1.29 is 38.8 Å². The first-order valence-electron chi connectivity index (χ1n) is 9.76. The van der Waals surface area contributed by atoms with Crippen LogP contribution < -0.4 is 0 Å². The van der Waals surface area contributed by atoms with E-state index in [9.17, 15) is 19.5 Å². The van der Waals surface area contributed by atoms with Crippen LogP contribution in [-0.2, 0) is 28.6 Å². The number of rotatable bonds is 6. The highest BCUT2D eigenvalue weighted by Crippen LogP contribution is 2.36. The van der Waals surface area contributed by atoms with Crippen LogP contribution in [0.15, 0.2) is 47.1 Å². The first-order chi connectivity index (χ1) is 14.3. The molecule has 1 fully saturated rings. The molecule has 164 valence electrons. The van der Waals surface area contributed by atoms with Crippen LogP contribution in [0.2, 0.25) is 0 Å². The summed E-state index contributed by atoms with van der Waals surface area (Å²) in [5.74, 6) is -2.32. The van der Waals surface area contributed by atoms with Gasteiger partial charge in [-0.05, 0) is 43.1 Å². The number of carbonyl (C=O) groups excluding carboxylic acids is 3. The van der Waals surface area contributed by atoms with Gasteiger partial charge < -0.3 is 24.4 Å². The second-order valence-corrected chi connectivity index (χ2v) is 7.30. The minimum Gasteiger partial charge on any atom is -0.461 e. The van der Waals surface area contributed by atoms with Crippen molar-refractivity contribution in [2.75, 3.05) is 19.8 Å². The standard InChI is InChI=1S/C22H28O8/c1-13(7-8-23)21(26)29-18-9-16(11-24)5-4-6-17(12-28-15(3)25)10-19-20(18)14(2)22(27)30-19/h5,7,10,18-20,23-24H,2,4,6,8-9,11-12H2,1,3H3/b13-7+,16-5-,17-10-/t18-,19-,20?/m1/s1. The molecule has 30 heavy (non-hydrogen) atoms. The highest BCUT2D eigenvalue weighted by Gasteiger charge is 2.44. The largest absolute Gasteiger partial charge is 0.461 e. The van der Waals surface area contributed by atoms with Gasteiger partial charge in [-0.3, -0.25) is 4.79 Å². The van der Waals surface area contributed by atoms with Crippen molar-refractivity contribution in [1.82, 2.24) is 0 Å². The van der Waals surface area contributed by atoms with Crippen LogP contribution in [0.5, 0.6) is 0 Å². The van der Waals surface area contributed by atoms with Gasteiger partial charge in [0.25, 0.3) is 0 Å². The summed E-state index contributed by atoms with van der Waals surface area (Å²) >= 11 is 0. The summed E-state index contributed by atoms with van der Waals surface area (Å²) in [5, 5.41) is 18.8. The van der Waals surface area contributed by atoms with E-state index in [0.717, 1.165) is 5.57 Å². The lowest BCUT2D eigenvalue weighted by Gasteiger charge is -2.28. The van der Waals surface area contributed by atoms with E-state index in [0.29, 0.717) is 18.4 Å². The second kappa shape index (κ2) is 10.9. The van der Waals surface area contributed by atoms with E-state index in [1.165, 1.54) is 19.9 Å². The monoisotopic (exact) mass is 420 g/mol. The second-order valence-electron chi connectivity index (χ2n) is 7.30. The number of aliphatic hydroxyl groups excluding tert-OH is 2. The van der Waals surface area contributed by atoms with Gasteiger partial charge in [-0.15, -0.1) is 0 Å². The Balaban J connectivity index is 2.41. The Hall–Kier alpha value is -2.71. The molecule has 8 nitrogen and oxygen atoms in total. The van der Waals surface area contributed by atoms with Crippen molar-refractivity contribution in [2.45, 2.75) is 45.3 Å². The van der Waals surface area contributed by atoms with Crippen molar-refractivity contribution in [1.29, 1.82) is 0 Å². The molecule has 0 amide bonds. The van der Waals surface area contributed by atoms with Crippen molar-refractivity contribution in [2.24, 2.45) is 5.92 Å². The van der Waals surface area contributed by atoms with Crippen molar-refractivity contribution >= 4 is 17.9 Å². The number of esters is 3. The summed E-state index contributed by atoms with van der Waals surface area (Å²) in [7, 11) is 0. The molecule has 2 N–H and O–H groups in total. The minimum absolute atomic E-state index is 0.0493. The fourth-order valence-corrected chi connectivity index (χ4v) is 3.44. The molecule has 1 aliphatic heterocycles. The Morgan fingerprint density at radius 1 is 1.30 bits per heavy atom. The SMILES string of the molecule is C=C1C(=O)O[C@@H]2/C=C(\COC(C)=O)CC/C=C(\CO)C[C@@H](OC(=O)/C(C)=C/CO)C12. The number of hydrogen-bond donors (Lipinski definition) is 2. The lowest BCUT2D eigenvalue weighted by Crippen LogP contribution is -2.34. The van der Waals surface area contributed by atoms with Crippen LogP contribution >= 0.6 is 0 Å². The first kappa shape index (κ1) is 23.6. The normalized spacial score (nSPS) is 28.4. The summed E-state index contributed by atoms with van der Waals surface area (Å²) in [6.07, 6.45) is 4.66. The van der Waals surface area contributed by atoms with E-state index in [-0.39, 0.29) is 37.4 Å². The van der Waals surface area contributed by atoms with Gasteiger partial charge >= 0.3 is 17.9 Å². The molecular formula is C22H28O8. The van der Waals surface area contributed by atoms with Gasteiger partial charge in [-0.2, -0.15) is 0 Å². The fourth-order valence-electron chi connectivity index (χ4n) is 3.44. The average Bonchev–Trinajstić information content (AvgIpc) is 2.97. The molecule has 0 radical (unpaired) electrons. The van der Waals surface area contributed by atoms with Gasteiger partial charge in [0.1, 0.15) is 18.8 Å². The van der Waals surface area contributed by atoms with E-state index in [1.54, 1.807) is 6.08 Å². The number of fused-ring (bicyclic) bond motifs is 1. The number of hydrogen-bond acceptors (Lipinski definition) is 8. The Kier molecular flexibility index (Phi) is 8.56. The summed E-state index contributed by atoms with van der Waals surface area (Å²) < 4.78 is 16.2. The summed E-state index contributed by atoms with van der Waals surface area (Å²) in [6, 6.07) is 0. The highest BCUT2D eigenvalue weighted by molar-refractivity contribution is 5.92. The van der Waals surface area contributed by atoms with E-state index in [1.807, 2.05) is 6.08 Å². The summed E-state index contributed by atoms with van der Waals surface area (Å²) in [6.45, 7) is 6.15. The Bertz CT molecular complexity index is 789. The van der Waals surface area contributed by atoms with Gasteiger partial charge in [0.2, 0.25) is 0 Å². The maximum atomic E-state index is 12.5. The predicted octanol–water partition coefficient (Wildman–Crippen LogP) is 1.53. The minimum atomic E-state index is -0.814. The lowest BCUT2D eigenvalue weighted by molar-refractivity contribution is -0.147. The first-order valence-corrected chi connectivity index (χ1v) is 9.76. The third-order valence-corrected chi connectivity index (χ3v) is 5.07. The van der Waals surface area contributed by atoms with Crippen LogP contribution in [0.1, 0.15) is 33.1 Å². The zero-order valence-electron chi connectivity index (χ0n) is 17.3. The lowest BCUT2D eigenvalue weighted by atomic mass is 9.85. The molecule has 0 aromatic carbocycles. The van der Waals surface area contributed by atoms with Crippen LogP contribution in [0.3, 0.4) is 0 Å². The molecule has 1 unspecified atom stereocenters. The van der Waals surface area contributed by atoms with Crippen LogP contribution in [0.4, 0.5) is 0 Å². The Labute approximate surface area is 175 Å². The van der Waals surface area contributed by atoms with Gasteiger partial charge in [0.05, 0.1) is 19.1 Å². The predicted molar refractivity (Wildman–Crippen MR) is 107 cm³/mol. The molecule has 0 bridgehead atoms. The summed E-state index contributed by atoms with van der Waals surface area (Å²) in [5.41, 5.74) is 1.79. The van der Waals surface area contributed by atoms with Crippen molar-refractivity contribution in [3.63, 3.8) is 0 Å². The number of aliphatic hydroxyl groups is 2. The van der Waals surface area contributed by atoms with Gasteiger partial charge in [0.15, 0.2) is 0 Å². The average molecular weight is 420 g/mol. The van der Waals surface area contributed by atoms with Crippen LogP contribution in [0, 0.1) is 5.92 Å². The van der Waals surface area contributed by atoms with E-state index >= 15 is 0 Å². The van der Waals surface area contributed by atoms with Gasteiger partial charge in [-0.1, -0.05) is 12.7 Å². The fraction of sp³-hybridized carbons (Fsp3) is 0.500. The van der Waals surface area contributed by atoms with E-state index in [2.05, 4.69) is 6.58 Å². The molecule has 0 aromatic rings. The maximum Gasteiger partial charge on any atom is 0.334 e. The number of ether oxygens (including phenoxy) is 3. The molecule has 2 rings (SSSR count). The van der Waals surface area contributed by atoms with E-state index in [4.69, 9.17) is 19.3 Å². The molecule has 2 aliphatic rings. The molecule has 1 heterocycles. The molecule has 0 spiro atoms. The number of carbonyl (C=O) groups is 3. The van der Waals surface area contributed by atoms with Gasteiger partial charge in [-0.25, -0.2) is 9.59 Å². The molecule has 3 atom stereocenters. The molecule has 8 heteroatoms. The number of allylic oxidation sites excluding steroid dienone is 1. The molecule has 0 aromatic heterocycles. The quantitative estimate of drug-likeness (QED) is 0.287. The molecular weight excluding hydrogens is 392 g/mol. The molecule has 1 aliphatic carbocycles. The van der Waals surface area contributed by atoms with Gasteiger partial charge in [0, 0.05) is 24.5 Å². The third-order valence-electron chi connectivity index (χ3n) is 5.07. The zero-order valence-corrected chi connectivity index (χ0v) is 17.3. The maximum absolute atomic E-state index is 12.5. The third kappa shape index (κ3) is 6.14. The van der Waals surface area contributed by atoms with Crippen LogP contribution in [-0.4, -0.2) is 60.1 Å². The Morgan fingerprint density at radius 2 is 2.03 bits per heavy atom. The van der Waals surface area contributed by atoms with E-state index < -0.39 is 36.0 Å². The highest BCUT2D eigenvalue weighted by atomic mass is 16.6. The Morgan fingerprint density at radius 3 is 2.67 bits per heavy atom. The molecule has 1 saturated heterocycles.